The van der Waals surface area contributed by atoms with Gasteiger partial charge in [0.05, 0.1) is 5.69 Å². The first-order valence-corrected chi connectivity index (χ1v) is 6.06. The molecule has 0 radical (unpaired) electrons. The summed E-state index contributed by atoms with van der Waals surface area (Å²) in [4.78, 5) is 0. The summed E-state index contributed by atoms with van der Waals surface area (Å²) in [6.45, 7) is 3.06. The number of nitrogens with zero attached hydrogens (tertiary/aromatic N) is 1. The Morgan fingerprint density at radius 1 is 1.31 bits per heavy atom. The van der Waals surface area contributed by atoms with Crippen molar-refractivity contribution < 1.29 is 5.11 Å². The monoisotopic (exact) mass is 215 g/mol. The van der Waals surface area contributed by atoms with E-state index in [-0.39, 0.29) is 0 Å². The molecule has 0 bridgehead atoms. The summed E-state index contributed by atoms with van der Waals surface area (Å²) in [6, 6.07) is 10.5. The lowest BCUT2D eigenvalue weighted by Crippen LogP contribution is -2.35. The number of aryl methyl sites for hydroxylation is 1. The molecule has 1 heterocycles. The van der Waals surface area contributed by atoms with Gasteiger partial charge >= 0.3 is 0 Å². The zero-order valence-corrected chi connectivity index (χ0v) is 9.61. The second-order valence-electron chi connectivity index (χ2n) is 4.72. The summed E-state index contributed by atoms with van der Waals surface area (Å²) in [5.41, 5.74) is 1.78. The molecule has 1 aliphatic carbocycles. The fourth-order valence-corrected chi connectivity index (χ4v) is 2.70. The third kappa shape index (κ3) is 1.23. The normalized spacial score (nSPS) is 18.6. The smallest absolute Gasteiger partial charge is 0.105 e. The fourth-order valence-electron chi connectivity index (χ4n) is 2.70. The number of hydrogen-bond donors (Lipinski definition) is 1. The highest BCUT2D eigenvalue weighted by molar-refractivity contribution is 5.81. The van der Waals surface area contributed by atoms with Crippen molar-refractivity contribution in [3.63, 3.8) is 0 Å². The van der Waals surface area contributed by atoms with Gasteiger partial charge in [-0.2, -0.15) is 0 Å². The van der Waals surface area contributed by atoms with E-state index in [4.69, 9.17) is 0 Å². The summed E-state index contributed by atoms with van der Waals surface area (Å²) in [5, 5.41) is 11.7. The predicted molar refractivity (Wildman–Crippen MR) is 65.4 cm³/mol. The minimum Gasteiger partial charge on any atom is -0.384 e. The van der Waals surface area contributed by atoms with Crippen molar-refractivity contribution in [2.45, 2.75) is 38.3 Å². The van der Waals surface area contributed by atoms with Crippen molar-refractivity contribution in [3.05, 3.63) is 36.0 Å². The minimum absolute atomic E-state index is 0.560. The van der Waals surface area contributed by atoms with E-state index in [1.165, 1.54) is 10.9 Å². The zero-order valence-electron chi connectivity index (χ0n) is 9.61. The van der Waals surface area contributed by atoms with Crippen molar-refractivity contribution in [1.29, 1.82) is 0 Å². The van der Waals surface area contributed by atoms with Crippen molar-refractivity contribution in [3.8, 4) is 0 Å². The molecule has 1 aliphatic rings. The van der Waals surface area contributed by atoms with E-state index in [0.29, 0.717) is 0 Å². The Labute approximate surface area is 95.5 Å². The summed E-state index contributed by atoms with van der Waals surface area (Å²) in [5.74, 6) is 0. The van der Waals surface area contributed by atoms with E-state index in [1.54, 1.807) is 0 Å². The Hall–Kier alpha value is -1.28. The van der Waals surface area contributed by atoms with Gasteiger partial charge in [-0.15, -0.1) is 0 Å². The van der Waals surface area contributed by atoms with Gasteiger partial charge in [0.2, 0.25) is 0 Å². The topological polar surface area (TPSA) is 25.2 Å². The van der Waals surface area contributed by atoms with Crippen molar-refractivity contribution in [1.82, 2.24) is 4.57 Å². The highest BCUT2D eigenvalue weighted by Gasteiger charge is 2.38. The fraction of sp³-hybridized carbons (Fsp3) is 0.429. The molecule has 1 fully saturated rings. The number of para-hydroxylation sites is 1. The Morgan fingerprint density at radius 2 is 2.06 bits per heavy atom. The summed E-state index contributed by atoms with van der Waals surface area (Å²) in [6.07, 6.45) is 2.95. The number of benzene rings is 1. The standard InChI is InChI=1S/C14H17NO/c1-2-15-12-7-4-3-6-11(12)10-13(15)14(16)8-5-9-14/h3-4,6-7,10,16H,2,5,8-9H2,1H3. The minimum atomic E-state index is -0.560. The van der Waals surface area contributed by atoms with Gasteiger partial charge in [0.1, 0.15) is 5.60 Å². The molecule has 16 heavy (non-hydrogen) atoms. The van der Waals surface area contributed by atoms with Gasteiger partial charge in [-0.3, -0.25) is 0 Å². The van der Waals surface area contributed by atoms with Gasteiger partial charge in [-0.25, -0.2) is 0 Å². The first-order chi connectivity index (χ1) is 7.74. The van der Waals surface area contributed by atoms with E-state index in [9.17, 15) is 5.11 Å². The van der Waals surface area contributed by atoms with Crippen LogP contribution in [0.3, 0.4) is 0 Å². The van der Waals surface area contributed by atoms with Crippen LogP contribution in [0.4, 0.5) is 0 Å². The van der Waals surface area contributed by atoms with Gasteiger partial charge in [0.15, 0.2) is 0 Å². The number of aliphatic hydroxyl groups is 1. The molecule has 1 N–H and O–H groups in total. The lowest BCUT2D eigenvalue weighted by Gasteiger charge is -2.37. The molecule has 0 amide bonds. The van der Waals surface area contributed by atoms with Crippen LogP contribution in [0.2, 0.25) is 0 Å². The predicted octanol–water partition coefficient (Wildman–Crippen LogP) is 3.03. The molecule has 2 heteroatoms. The molecular formula is C14H17NO. The summed E-state index contributed by atoms with van der Waals surface area (Å²) in [7, 11) is 0. The molecular weight excluding hydrogens is 198 g/mol. The Bertz CT molecular complexity index is 523. The summed E-state index contributed by atoms with van der Waals surface area (Å²) >= 11 is 0. The van der Waals surface area contributed by atoms with Crippen LogP contribution in [-0.2, 0) is 12.1 Å². The van der Waals surface area contributed by atoms with Crippen LogP contribution in [0, 0.1) is 0 Å². The molecule has 0 spiro atoms. The van der Waals surface area contributed by atoms with Crippen LogP contribution < -0.4 is 0 Å². The number of hydrogen-bond acceptors (Lipinski definition) is 1. The van der Waals surface area contributed by atoms with Crippen LogP contribution >= 0.6 is 0 Å². The Kier molecular flexibility index (Phi) is 2.08. The Balaban J connectivity index is 2.24. The molecule has 1 saturated carbocycles. The lowest BCUT2D eigenvalue weighted by atomic mass is 9.78. The molecule has 1 aromatic heterocycles. The van der Waals surface area contributed by atoms with Crippen LogP contribution in [-0.4, -0.2) is 9.67 Å². The second-order valence-corrected chi connectivity index (χ2v) is 4.72. The van der Waals surface area contributed by atoms with Crippen LogP contribution in [0.1, 0.15) is 31.9 Å². The van der Waals surface area contributed by atoms with Crippen molar-refractivity contribution in [2.75, 3.05) is 0 Å². The van der Waals surface area contributed by atoms with Crippen LogP contribution in [0.25, 0.3) is 10.9 Å². The maximum Gasteiger partial charge on any atom is 0.105 e. The van der Waals surface area contributed by atoms with E-state index in [1.807, 2.05) is 0 Å². The molecule has 0 aliphatic heterocycles. The number of rotatable bonds is 2. The van der Waals surface area contributed by atoms with Gasteiger partial charge < -0.3 is 9.67 Å². The van der Waals surface area contributed by atoms with E-state index in [2.05, 4.69) is 41.8 Å². The first-order valence-electron chi connectivity index (χ1n) is 6.06. The maximum absolute atomic E-state index is 10.5. The first kappa shape index (κ1) is 9.91. The molecule has 0 unspecified atom stereocenters. The number of fused-ring (bicyclic) bond motifs is 1. The zero-order chi connectivity index (χ0) is 11.2. The molecule has 0 saturated heterocycles. The van der Waals surface area contributed by atoms with Crippen LogP contribution in [0.15, 0.2) is 30.3 Å². The van der Waals surface area contributed by atoms with Crippen LogP contribution in [0.5, 0.6) is 0 Å². The highest BCUT2D eigenvalue weighted by atomic mass is 16.3. The van der Waals surface area contributed by atoms with Gasteiger partial charge in [-0.1, -0.05) is 18.2 Å². The van der Waals surface area contributed by atoms with E-state index < -0.39 is 5.60 Å². The molecule has 1 aromatic carbocycles. The molecule has 84 valence electrons. The van der Waals surface area contributed by atoms with E-state index in [0.717, 1.165) is 31.5 Å². The van der Waals surface area contributed by atoms with Crippen molar-refractivity contribution in [2.24, 2.45) is 0 Å². The lowest BCUT2D eigenvalue weighted by molar-refractivity contribution is -0.0450. The van der Waals surface area contributed by atoms with Gasteiger partial charge in [-0.05, 0) is 43.7 Å². The summed E-state index contributed by atoms with van der Waals surface area (Å²) < 4.78 is 2.24. The van der Waals surface area contributed by atoms with E-state index >= 15 is 0 Å². The average molecular weight is 215 g/mol. The number of aromatic nitrogens is 1. The van der Waals surface area contributed by atoms with Gasteiger partial charge in [0.25, 0.3) is 0 Å². The third-order valence-corrected chi connectivity index (χ3v) is 3.78. The molecule has 0 atom stereocenters. The second kappa shape index (κ2) is 3.36. The molecule has 3 rings (SSSR count). The van der Waals surface area contributed by atoms with Crippen molar-refractivity contribution >= 4 is 10.9 Å². The molecule has 2 aromatic rings. The Morgan fingerprint density at radius 3 is 2.69 bits per heavy atom. The molecule has 2 nitrogen and oxygen atoms in total. The third-order valence-electron chi connectivity index (χ3n) is 3.78. The highest BCUT2D eigenvalue weighted by Crippen LogP contribution is 2.42. The maximum atomic E-state index is 10.5. The van der Waals surface area contributed by atoms with Gasteiger partial charge in [0, 0.05) is 12.1 Å². The quantitative estimate of drug-likeness (QED) is 0.818. The largest absolute Gasteiger partial charge is 0.384 e. The average Bonchev–Trinajstić information content (AvgIpc) is 2.64. The SMILES string of the molecule is CCn1c(C2(O)CCC2)cc2ccccc21.